The van der Waals surface area contributed by atoms with E-state index in [4.69, 9.17) is 0 Å². The van der Waals surface area contributed by atoms with Crippen LogP contribution in [-0.4, -0.2) is 47.8 Å². The molecule has 18 heavy (non-hydrogen) atoms. The molecule has 1 atom stereocenters. The zero-order valence-corrected chi connectivity index (χ0v) is 10.8. The van der Waals surface area contributed by atoms with Crippen molar-refractivity contribution in [3.8, 4) is 0 Å². The Bertz CT molecular complexity index is 375. The summed E-state index contributed by atoms with van der Waals surface area (Å²) in [5, 5.41) is 1.15. The summed E-state index contributed by atoms with van der Waals surface area (Å²) in [5.74, 6) is -0.982. The van der Waals surface area contributed by atoms with E-state index in [9.17, 15) is 14.4 Å². The molecule has 6 nitrogen and oxygen atoms in total. The molecular weight excluding hydrogens is 234 g/mol. The van der Waals surface area contributed by atoms with Gasteiger partial charge in [-0.2, -0.15) is 0 Å². The summed E-state index contributed by atoms with van der Waals surface area (Å²) < 4.78 is 0. The van der Waals surface area contributed by atoms with E-state index in [1.165, 1.54) is 7.05 Å². The largest absolute Gasteiger partial charge is 0.343 e. The Morgan fingerprint density at radius 1 is 1.33 bits per heavy atom. The van der Waals surface area contributed by atoms with Crippen LogP contribution in [0.15, 0.2) is 0 Å². The van der Waals surface area contributed by atoms with Crippen LogP contribution in [0, 0.1) is 11.8 Å². The fourth-order valence-electron chi connectivity index (χ4n) is 2.39. The van der Waals surface area contributed by atoms with Gasteiger partial charge in [0, 0.05) is 26.6 Å². The van der Waals surface area contributed by atoms with E-state index in [1.807, 2.05) is 0 Å². The number of nitrogens with zero attached hydrogens (tertiary/aromatic N) is 2. The van der Waals surface area contributed by atoms with Crippen molar-refractivity contribution < 1.29 is 14.4 Å². The Kier molecular flexibility index (Phi) is 3.54. The smallest absolute Gasteiger partial charge is 0.253 e. The number of carbonyl (C=O) groups excluding carboxylic acids is 3. The van der Waals surface area contributed by atoms with Gasteiger partial charge in [0.2, 0.25) is 5.91 Å². The van der Waals surface area contributed by atoms with Gasteiger partial charge < -0.3 is 4.90 Å². The molecule has 0 saturated carbocycles. The van der Waals surface area contributed by atoms with Crippen LogP contribution in [-0.2, 0) is 14.4 Å². The van der Waals surface area contributed by atoms with Crippen molar-refractivity contribution in [3.63, 3.8) is 0 Å². The van der Waals surface area contributed by atoms with Crippen LogP contribution in [0.5, 0.6) is 0 Å². The summed E-state index contributed by atoms with van der Waals surface area (Å²) >= 11 is 0. The van der Waals surface area contributed by atoms with Crippen molar-refractivity contribution >= 4 is 17.7 Å². The lowest BCUT2D eigenvalue weighted by atomic mass is 9.97. The zero-order valence-electron chi connectivity index (χ0n) is 10.8. The maximum Gasteiger partial charge on any atom is 0.253 e. The molecule has 2 fully saturated rings. The molecule has 2 heterocycles. The number of hydrogen-bond acceptors (Lipinski definition) is 3. The van der Waals surface area contributed by atoms with Crippen LogP contribution in [0.1, 0.15) is 26.2 Å². The van der Waals surface area contributed by atoms with Crippen molar-refractivity contribution in [3.05, 3.63) is 0 Å². The van der Waals surface area contributed by atoms with E-state index in [0.29, 0.717) is 5.92 Å². The van der Waals surface area contributed by atoms with Crippen molar-refractivity contribution in [2.45, 2.75) is 26.2 Å². The number of rotatable bonds is 2. The topological polar surface area (TPSA) is 69.7 Å². The highest BCUT2D eigenvalue weighted by molar-refractivity contribution is 6.07. The van der Waals surface area contributed by atoms with Gasteiger partial charge in [0.25, 0.3) is 11.8 Å². The Morgan fingerprint density at radius 2 is 1.94 bits per heavy atom. The molecule has 6 heteroatoms. The van der Waals surface area contributed by atoms with Crippen LogP contribution >= 0.6 is 0 Å². The molecule has 0 radical (unpaired) electrons. The highest BCUT2D eigenvalue weighted by Crippen LogP contribution is 2.19. The zero-order chi connectivity index (χ0) is 13.3. The maximum absolute atomic E-state index is 12.0. The Morgan fingerprint density at radius 3 is 2.44 bits per heavy atom. The minimum absolute atomic E-state index is 0.0105. The number of piperidine rings is 1. The van der Waals surface area contributed by atoms with Crippen LogP contribution in [0.4, 0.5) is 0 Å². The van der Waals surface area contributed by atoms with Crippen molar-refractivity contribution in [1.82, 2.24) is 15.3 Å². The SMILES string of the molecule is CC1CCN(C(=O)CC2C(=O)NN(C)C2=O)CC1. The summed E-state index contributed by atoms with van der Waals surface area (Å²) in [4.78, 5) is 37.0. The molecule has 0 spiro atoms. The van der Waals surface area contributed by atoms with Gasteiger partial charge in [-0.1, -0.05) is 6.92 Å². The van der Waals surface area contributed by atoms with Crippen LogP contribution in [0.25, 0.3) is 0 Å². The van der Waals surface area contributed by atoms with Gasteiger partial charge in [0.15, 0.2) is 0 Å². The third-order valence-electron chi connectivity index (χ3n) is 3.74. The molecule has 3 amide bonds. The van der Waals surface area contributed by atoms with E-state index >= 15 is 0 Å². The number of nitrogens with one attached hydrogen (secondary N) is 1. The average Bonchev–Trinajstić information content (AvgIpc) is 2.57. The number of hydrogen-bond donors (Lipinski definition) is 1. The first kappa shape index (κ1) is 12.9. The van der Waals surface area contributed by atoms with Gasteiger partial charge in [-0.05, 0) is 18.8 Å². The molecule has 100 valence electrons. The van der Waals surface area contributed by atoms with Gasteiger partial charge >= 0.3 is 0 Å². The summed E-state index contributed by atoms with van der Waals surface area (Å²) in [5.41, 5.74) is 2.41. The first-order chi connectivity index (χ1) is 8.49. The fourth-order valence-corrected chi connectivity index (χ4v) is 2.39. The minimum atomic E-state index is -0.846. The highest BCUT2D eigenvalue weighted by atomic mass is 16.2. The third-order valence-corrected chi connectivity index (χ3v) is 3.74. The molecule has 1 N–H and O–H groups in total. The van der Waals surface area contributed by atoms with Gasteiger partial charge in [0.05, 0.1) is 0 Å². The molecule has 0 aromatic rings. The molecule has 2 rings (SSSR count). The molecule has 2 saturated heterocycles. The third kappa shape index (κ3) is 2.47. The average molecular weight is 253 g/mol. The second kappa shape index (κ2) is 4.96. The molecule has 2 aliphatic rings. The summed E-state index contributed by atoms with van der Waals surface area (Å²) in [6.07, 6.45) is 1.98. The summed E-state index contributed by atoms with van der Waals surface area (Å²) in [6, 6.07) is 0. The highest BCUT2D eigenvalue weighted by Gasteiger charge is 2.39. The van der Waals surface area contributed by atoms with E-state index < -0.39 is 5.92 Å². The number of carbonyl (C=O) groups is 3. The van der Waals surface area contributed by atoms with Crippen molar-refractivity contribution in [2.75, 3.05) is 20.1 Å². The fraction of sp³-hybridized carbons (Fsp3) is 0.750. The molecule has 0 aliphatic carbocycles. The molecular formula is C12H19N3O3. The monoisotopic (exact) mass is 253 g/mol. The van der Waals surface area contributed by atoms with Gasteiger partial charge in [-0.15, -0.1) is 0 Å². The molecule has 0 bridgehead atoms. The second-order valence-electron chi connectivity index (χ2n) is 5.19. The quantitative estimate of drug-likeness (QED) is 0.690. The standard InChI is InChI=1S/C12H19N3O3/c1-8-3-5-15(6-4-8)10(16)7-9-11(17)13-14(2)12(9)18/h8-9H,3-7H2,1-2H3,(H,13,17). The first-order valence-electron chi connectivity index (χ1n) is 6.35. The summed E-state index contributed by atoms with van der Waals surface area (Å²) in [6.45, 7) is 3.64. The molecule has 0 aromatic carbocycles. The number of hydrazine groups is 1. The Hall–Kier alpha value is -1.59. The maximum atomic E-state index is 12.0. The van der Waals surface area contributed by atoms with E-state index in [1.54, 1.807) is 4.90 Å². The molecule has 2 aliphatic heterocycles. The predicted octanol–water partition coefficient (Wildman–Crippen LogP) is -0.246. The van der Waals surface area contributed by atoms with Crippen molar-refractivity contribution in [1.29, 1.82) is 0 Å². The normalized spacial score (nSPS) is 25.6. The Balaban J connectivity index is 1.91. The van der Waals surface area contributed by atoms with Crippen LogP contribution in [0.2, 0.25) is 0 Å². The first-order valence-corrected chi connectivity index (χ1v) is 6.35. The number of likely N-dealkylation sites (tertiary alicyclic amines) is 1. The van der Waals surface area contributed by atoms with Crippen LogP contribution in [0.3, 0.4) is 0 Å². The minimum Gasteiger partial charge on any atom is -0.343 e. The Labute approximate surface area is 106 Å². The summed E-state index contributed by atoms with van der Waals surface area (Å²) in [7, 11) is 1.49. The van der Waals surface area contributed by atoms with Gasteiger partial charge in [0.1, 0.15) is 5.92 Å². The molecule has 1 unspecified atom stereocenters. The van der Waals surface area contributed by atoms with Gasteiger partial charge in [-0.3, -0.25) is 24.8 Å². The van der Waals surface area contributed by atoms with Crippen molar-refractivity contribution in [2.24, 2.45) is 11.8 Å². The number of amides is 3. The molecule has 0 aromatic heterocycles. The predicted molar refractivity (Wildman–Crippen MR) is 64.0 cm³/mol. The lowest BCUT2D eigenvalue weighted by Gasteiger charge is -2.30. The van der Waals surface area contributed by atoms with E-state index in [-0.39, 0.29) is 24.1 Å². The van der Waals surface area contributed by atoms with Gasteiger partial charge in [-0.25, -0.2) is 0 Å². The lowest BCUT2D eigenvalue weighted by Crippen LogP contribution is -2.40. The van der Waals surface area contributed by atoms with E-state index in [0.717, 1.165) is 30.9 Å². The lowest BCUT2D eigenvalue weighted by molar-refractivity contribution is -0.140. The van der Waals surface area contributed by atoms with Crippen LogP contribution < -0.4 is 5.43 Å². The second-order valence-corrected chi connectivity index (χ2v) is 5.19. The van der Waals surface area contributed by atoms with E-state index in [2.05, 4.69) is 12.3 Å².